The summed E-state index contributed by atoms with van der Waals surface area (Å²) >= 11 is 1.51. The molecule has 0 spiro atoms. The third-order valence-corrected chi connectivity index (χ3v) is 4.92. The molecule has 1 N–H and O–H groups in total. The van der Waals surface area contributed by atoms with Crippen LogP contribution in [-0.4, -0.2) is 46.4 Å². The van der Waals surface area contributed by atoms with Crippen LogP contribution in [0.15, 0.2) is 18.2 Å². The molecule has 0 aliphatic carbocycles. The summed E-state index contributed by atoms with van der Waals surface area (Å²) in [6, 6.07) is 5.43. The van der Waals surface area contributed by atoms with Crippen molar-refractivity contribution in [3.05, 3.63) is 23.2 Å². The fraction of sp³-hybridized carbons (Fsp3) is 0.529. The average Bonchev–Trinajstić information content (AvgIpc) is 3.07. The molecule has 2 heterocycles. The summed E-state index contributed by atoms with van der Waals surface area (Å²) in [6.45, 7) is 5.75. The summed E-state index contributed by atoms with van der Waals surface area (Å²) < 4.78 is 11.7. The first-order chi connectivity index (χ1) is 11.3. The van der Waals surface area contributed by atoms with E-state index in [4.69, 9.17) is 9.47 Å². The maximum Gasteiger partial charge on any atom is 0.410 e. The largest absolute Gasteiger partial charge is 0.497 e. The zero-order valence-electron chi connectivity index (χ0n) is 14.3. The minimum atomic E-state index is -0.573. The Balaban J connectivity index is 1.89. The van der Waals surface area contributed by atoms with E-state index in [-0.39, 0.29) is 12.6 Å². The number of hydrogen-bond acceptors (Lipinski definition) is 6. The standard InChI is InChI=1S/C17H22N2O4S/c1-17(2,3)23-16(21)19-9-10(20)7-13(19)15-18-12-6-5-11(22-4)8-14(12)24-15/h5-6,8,10,13,20H,7,9H2,1-4H3/t10-,13+/m1/s1. The second kappa shape index (κ2) is 6.22. The van der Waals surface area contributed by atoms with E-state index >= 15 is 0 Å². The van der Waals surface area contributed by atoms with E-state index in [0.29, 0.717) is 6.42 Å². The Morgan fingerprint density at radius 1 is 1.42 bits per heavy atom. The number of aliphatic hydroxyl groups excluding tert-OH is 1. The predicted octanol–water partition coefficient (Wildman–Crippen LogP) is 3.35. The van der Waals surface area contributed by atoms with E-state index in [1.54, 1.807) is 12.0 Å². The Labute approximate surface area is 145 Å². The van der Waals surface area contributed by atoms with Crippen molar-refractivity contribution < 1.29 is 19.4 Å². The molecule has 2 aromatic rings. The molecule has 3 rings (SSSR count). The Kier molecular flexibility index (Phi) is 4.40. The monoisotopic (exact) mass is 350 g/mol. The van der Waals surface area contributed by atoms with Gasteiger partial charge in [-0.05, 0) is 39.0 Å². The number of aliphatic hydroxyl groups is 1. The molecular formula is C17H22N2O4S. The summed E-state index contributed by atoms with van der Waals surface area (Å²) in [4.78, 5) is 18.7. The van der Waals surface area contributed by atoms with Crippen LogP contribution in [0.3, 0.4) is 0 Å². The Morgan fingerprint density at radius 3 is 2.83 bits per heavy atom. The highest BCUT2D eigenvalue weighted by Gasteiger charge is 2.39. The Morgan fingerprint density at radius 2 is 2.17 bits per heavy atom. The summed E-state index contributed by atoms with van der Waals surface area (Å²) in [5, 5.41) is 10.8. The molecule has 1 fully saturated rings. The molecule has 1 aromatic carbocycles. The molecule has 0 bridgehead atoms. The number of β-amino-alcohol motifs (C(OH)–C–C–N with tert-alkyl or cyclic N) is 1. The number of carbonyl (C=O) groups is 1. The van der Waals surface area contributed by atoms with E-state index in [1.807, 2.05) is 39.0 Å². The smallest absolute Gasteiger partial charge is 0.410 e. The quantitative estimate of drug-likeness (QED) is 0.899. The van der Waals surface area contributed by atoms with Gasteiger partial charge in [0.05, 0.1) is 36.0 Å². The van der Waals surface area contributed by atoms with Gasteiger partial charge >= 0.3 is 6.09 Å². The van der Waals surface area contributed by atoms with Gasteiger partial charge in [0.15, 0.2) is 0 Å². The molecule has 1 aromatic heterocycles. The number of ether oxygens (including phenoxy) is 2. The van der Waals surface area contributed by atoms with Crippen LogP contribution in [0.1, 0.15) is 38.2 Å². The number of likely N-dealkylation sites (tertiary alicyclic amines) is 1. The van der Waals surface area contributed by atoms with Crippen LogP contribution in [0.2, 0.25) is 0 Å². The molecule has 1 aliphatic heterocycles. The number of amides is 1. The van der Waals surface area contributed by atoms with Crippen LogP contribution in [0.5, 0.6) is 5.75 Å². The first-order valence-corrected chi connectivity index (χ1v) is 8.70. The minimum absolute atomic E-state index is 0.263. The maximum atomic E-state index is 12.5. The zero-order chi connectivity index (χ0) is 17.5. The Hall–Kier alpha value is -1.86. The maximum absolute atomic E-state index is 12.5. The van der Waals surface area contributed by atoms with Crippen molar-refractivity contribution in [3.63, 3.8) is 0 Å². The van der Waals surface area contributed by atoms with E-state index < -0.39 is 17.8 Å². The van der Waals surface area contributed by atoms with Crippen LogP contribution < -0.4 is 4.74 Å². The van der Waals surface area contributed by atoms with Crippen molar-refractivity contribution in [2.45, 2.75) is 44.9 Å². The van der Waals surface area contributed by atoms with Crippen LogP contribution in [0, 0.1) is 0 Å². The van der Waals surface area contributed by atoms with Crippen LogP contribution in [-0.2, 0) is 4.74 Å². The number of thiazole rings is 1. The molecule has 1 saturated heterocycles. The van der Waals surface area contributed by atoms with Gasteiger partial charge in [-0.3, -0.25) is 4.90 Å². The third kappa shape index (κ3) is 3.47. The first kappa shape index (κ1) is 17.0. The third-order valence-electron chi connectivity index (χ3n) is 3.80. The van der Waals surface area contributed by atoms with Crippen molar-refractivity contribution in [2.75, 3.05) is 13.7 Å². The van der Waals surface area contributed by atoms with Gasteiger partial charge in [-0.2, -0.15) is 0 Å². The van der Waals surface area contributed by atoms with Crippen molar-refractivity contribution in [2.24, 2.45) is 0 Å². The number of benzene rings is 1. The average molecular weight is 350 g/mol. The van der Waals surface area contributed by atoms with Crippen molar-refractivity contribution in [1.82, 2.24) is 9.88 Å². The second-order valence-electron chi connectivity index (χ2n) is 6.92. The summed E-state index contributed by atoms with van der Waals surface area (Å²) in [6.07, 6.45) is -0.513. The number of hydrogen-bond donors (Lipinski definition) is 1. The van der Waals surface area contributed by atoms with E-state index in [2.05, 4.69) is 4.98 Å². The van der Waals surface area contributed by atoms with Gasteiger partial charge < -0.3 is 14.6 Å². The summed E-state index contributed by atoms with van der Waals surface area (Å²) in [5.74, 6) is 0.771. The summed E-state index contributed by atoms with van der Waals surface area (Å²) in [7, 11) is 1.63. The molecule has 7 heteroatoms. The number of rotatable bonds is 2. The van der Waals surface area contributed by atoms with Gasteiger partial charge in [-0.15, -0.1) is 11.3 Å². The normalized spacial score (nSPS) is 21.3. The lowest BCUT2D eigenvalue weighted by Crippen LogP contribution is -2.37. The van der Waals surface area contributed by atoms with E-state index in [9.17, 15) is 9.90 Å². The molecule has 1 amide bonds. The molecule has 0 radical (unpaired) electrons. The number of carbonyl (C=O) groups excluding carboxylic acids is 1. The molecule has 24 heavy (non-hydrogen) atoms. The lowest BCUT2D eigenvalue weighted by Gasteiger charge is -2.27. The fourth-order valence-electron chi connectivity index (χ4n) is 2.76. The highest BCUT2D eigenvalue weighted by Crippen LogP contribution is 2.38. The lowest BCUT2D eigenvalue weighted by molar-refractivity contribution is 0.0206. The van der Waals surface area contributed by atoms with Gasteiger partial charge in [0.2, 0.25) is 0 Å². The van der Waals surface area contributed by atoms with Crippen molar-refractivity contribution in [1.29, 1.82) is 0 Å². The van der Waals surface area contributed by atoms with Gasteiger partial charge in [0.1, 0.15) is 16.4 Å². The van der Waals surface area contributed by atoms with E-state index in [0.717, 1.165) is 21.0 Å². The number of methoxy groups -OCH3 is 1. The van der Waals surface area contributed by atoms with Gasteiger partial charge in [-0.1, -0.05) is 0 Å². The van der Waals surface area contributed by atoms with Gasteiger partial charge in [0, 0.05) is 6.42 Å². The minimum Gasteiger partial charge on any atom is -0.497 e. The first-order valence-electron chi connectivity index (χ1n) is 7.89. The SMILES string of the molecule is COc1ccc2nc([C@@H]3C[C@@H](O)CN3C(=O)OC(C)(C)C)sc2c1. The highest BCUT2D eigenvalue weighted by atomic mass is 32.1. The van der Waals surface area contributed by atoms with Gasteiger partial charge in [0.25, 0.3) is 0 Å². The lowest BCUT2D eigenvalue weighted by atomic mass is 10.2. The summed E-state index contributed by atoms with van der Waals surface area (Å²) in [5.41, 5.74) is 0.289. The number of aromatic nitrogens is 1. The molecular weight excluding hydrogens is 328 g/mol. The van der Waals surface area contributed by atoms with Crippen molar-refractivity contribution in [3.8, 4) is 5.75 Å². The molecule has 1 aliphatic rings. The highest BCUT2D eigenvalue weighted by molar-refractivity contribution is 7.18. The van der Waals surface area contributed by atoms with Crippen LogP contribution in [0.4, 0.5) is 4.79 Å². The van der Waals surface area contributed by atoms with Crippen LogP contribution in [0.25, 0.3) is 10.2 Å². The number of fused-ring (bicyclic) bond motifs is 1. The molecule has 2 atom stereocenters. The second-order valence-corrected chi connectivity index (χ2v) is 7.99. The van der Waals surface area contributed by atoms with Gasteiger partial charge in [-0.25, -0.2) is 9.78 Å². The van der Waals surface area contributed by atoms with Crippen LogP contribution >= 0.6 is 11.3 Å². The molecule has 6 nitrogen and oxygen atoms in total. The molecule has 0 unspecified atom stereocenters. The van der Waals surface area contributed by atoms with E-state index in [1.165, 1.54) is 11.3 Å². The number of nitrogens with zero attached hydrogens (tertiary/aromatic N) is 2. The topological polar surface area (TPSA) is 71.9 Å². The molecule has 0 saturated carbocycles. The fourth-order valence-corrected chi connectivity index (χ4v) is 3.88. The van der Waals surface area contributed by atoms with Crippen molar-refractivity contribution >= 4 is 27.6 Å². The Bertz CT molecular complexity index is 753. The zero-order valence-corrected chi connectivity index (χ0v) is 15.1. The predicted molar refractivity (Wildman–Crippen MR) is 92.5 cm³/mol. The molecule has 130 valence electrons.